The highest BCUT2D eigenvalue weighted by molar-refractivity contribution is 5.84. The number of carbonyl (C=O) groups is 2. The summed E-state index contributed by atoms with van der Waals surface area (Å²) in [6, 6.07) is 4.27. The van der Waals surface area contributed by atoms with Gasteiger partial charge in [-0.15, -0.1) is 0 Å². The molecular weight excluding hydrogens is 268 g/mol. The molecule has 1 aliphatic carbocycles. The monoisotopic (exact) mass is 290 g/mol. The summed E-state index contributed by atoms with van der Waals surface area (Å²) in [5, 5.41) is 2.97. The molecule has 2 heterocycles. The smallest absolute Gasteiger partial charge is 0.224 e. The van der Waals surface area contributed by atoms with Crippen LogP contribution in [0.15, 0.2) is 16.5 Å². The second kappa shape index (κ2) is 5.92. The molecule has 5 heteroatoms. The molecule has 1 saturated heterocycles. The van der Waals surface area contributed by atoms with Crippen molar-refractivity contribution in [1.82, 2.24) is 10.2 Å². The van der Waals surface area contributed by atoms with Gasteiger partial charge in [-0.25, -0.2) is 0 Å². The Labute approximate surface area is 124 Å². The van der Waals surface area contributed by atoms with Gasteiger partial charge >= 0.3 is 0 Å². The molecule has 1 saturated carbocycles. The van der Waals surface area contributed by atoms with Crippen LogP contribution in [0.3, 0.4) is 0 Å². The van der Waals surface area contributed by atoms with E-state index in [0.717, 1.165) is 24.4 Å². The molecule has 1 N–H and O–H groups in total. The highest BCUT2D eigenvalue weighted by Crippen LogP contribution is 2.31. The lowest BCUT2D eigenvalue weighted by Gasteiger charge is -2.32. The van der Waals surface area contributed by atoms with Crippen LogP contribution in [0.5, 0.6) is 0 Å². The molecule has 1 unspecified atom stereocenters. The number of likely N-dealkylation sites (tertiary alicyclic amines) is 1. The molecule has 1 aromatic rings. The van der Waals surface area contributed by atoms with E-state index < -0.39 is 0 Å². The summed E-state index contributed by atoms with van der Waals surface area (Å²) in [5.74, 6) is 2.01. The lowest BCUT2D eigenvalue weighted by Crippen LogP contribution is -2.46. The summed E-state index contributed by atoms with van der Waals surface area (Å²) in [5.41, 5.74) is 0. The minimum Gasteiger partial charge on any atom is -0.466 e. The predicted molar refractivity (Wildman–Crippen MR) is 77.6 cm³/mol. The molecular formula is C16H22N2O3. The zero-order valence-corrected chi connectivity index (χ0v) is 12.4. The molecule has 5 nitrogen and oxygen atoms in total. The third-order valence-electron chi connectivity index (χ3n) is 4.27. The van der Waals surface area contributed by atoms with E-state index in [1.165, 1.54) is 0 Å². The van der Waals surface area contributed by atoms with E-state index in [0.29, 0.717) is 38.4 Å². The Kier molecular flexibility index (Phi) is 3.99. The number of nitrogens with zero attached hydrogens (tertiary/aromatic N) is 1. The maximum absolute atomic E-state index is 12.2. The van der Waals surface area contributed by atoms with Crippen LogP contribution < -0.4 is 5.32 Å². The summed E-state index contributed by atoms with van der Waals surface area (Å²) >= 11 is 0. The molecule has 1 aliphatic heterocycles. The standard InChI is InChI=1S/C16H22N2O3/c1-11-2-6-14(21-11)8-9-17-16(20)12-3-7-15(19)18(10-12)13-4-5-13/h2,6,12-13H,3-5,7-10H2,1H3,(H,17,20). The van der Waals surface area contributed by atoms with Crippen molar-refractivity contribution in [3.63, 3.8) is 0 Å². The van der Waals surface area contributed by atoms with Gasteiger partial charge in [0, 0.05) is 32.0 Å². The first kappa shape index (κ1) is 14.2. The van der Waals surface area contributed by atoms with Gasteiger partial charge in [-0.3, -0.25) is 9.59 Å². The highest BCUT2D eigenvalue weighted by Gasteiger charge is 2.38. The van der Waals surface area contributed by atoms with Gasteiger partial charge < -0.3 is 14.6 Å². The minimum absolute atomic E-state index is 0.0540. The predicted octanol–water partition coefficient (Wildman–Crippen LogP) is 1.65. The summed E-state index contributed by atoms with van der Waals surface area (Å²) < 4.78 is 5.48. The molecule has 0 radical (unpaired) electrons. The Morgan fingerprint density at radius 1 is 1.38 bits per heavy atom. The SMILES string of the molecule is Cc1ccc(CCNC(=O)C2CCC(=O)N(C3CC3)C2)o1. The van der Waals surface area contributed by atoms with Gasteiger partial charge in [0.25, 0.3) is 0 Å². The number of rotatable bonds is 5. The number of furan rings is 1. The van der Waals surface area contributed by atoms with E-state index in [-0.39, 0.29) is 17.7 Å². The third-order valence-corrected chi connectivity index (χ3v) is 4.27. The van der Waals surface area contributed by atoms with E-state index >= 15 is 0 Å². The van der Waals surface area contributed by atoms with Crippen LogP contribution in [0.4, 0.5) is 0 Å². The van der Waals surface area contributed by atoms with Crippen LogP contribution in [0.1, 0.15) is 37.2 Å². The topological polar surface area (TPSA) is 62.6 Å². The summed E-state index contributed by atoms with van der Waals surface area (Å²) in [6.07, 6.45) is 4.08. The Bertz CT molecular complexity index is 533. The van der Waals surface area contributed by atoms with Crippen molar-refractivity contribution in [1.29, 1.82) is 0 Å². The highest BCUT2D eigenvalue weighted by atomic mass is 16.3. The molecule has 114 valence electrons. The van der Waals surface area contributed by atoms with E-state index in [9.17, 15) is 9.59 Å². The Morgan fingerprint density at radius 2 is 2.19 bits per heavy atom. The first-order valence-electron chi connectivity index (χ1n) is 7.76. The van der Waals surface area contributed by atoms with E-state index in [2.05, 4.69) is 5.32 Å². The van der Waals surface area contributed by atoms with Crippen molar-refractivity contribution < 1.29 is 14.0 Å². The molecule has 2 amide bonds. The van der Waals surface area contributed by atoms with Gasteiger partial charge in [0.2, 0.25) is 11.8 Å². The van der Waals surface area contributed by atoms with E-state index in [1.54, 1.807) is 0 Å². The van der Waals surface area contributed by atoms with Gasteiger partial charge in [0.05, 0.1) is 5.92 Å². The molecule has 3 rings (SSSR count). The van der Waals surface area contributed by atoms with Crippen molar-refractivity contribution in [2.75, 3.05) is 13.1 Å². The van der Waals surface area contributed by atoms with Gasteiger partial charge in [0.15, 0.2) is 0 Å². The van der Waals surface area contributed by atoms with Crippen LogP contribution >= 0.6 is 0 Å². The van der Waals surface area contributed by atoms with Gasteiger partial charge in [-0.1, -0.05) is 0 Å². The Morgan fingerprint density at radius 3 is 2.86 bits per heavy atom. The average Bonchev–Trinajstić information content (AvgIpc) is 3.22. The van der Waals surface area contributed by atoms with Crippen molar-refractivity contribution in [3.8, 4) is 0 Å². The number of amides is 2. The van der Waals surface area contributed by atoms with Gasteiger partial charge in [-0.2, -0.15) is 0 Å². The van der Waals surface area contributed by atoms with Crippen LogP contribution in [0.2, 0.25) is 0 Å². The first-order chi connectivity index (χ1) is 10.1. The van der Waals surface area contributed by atoms with Gasteiger partial charge in [-0.05, 0) is 38.3 Å². The van der Waals surface area contributed by atoms with Crippen molar-refractivity contribution >= 4 is 11.8 Å². The fourth-order valence-electron chi connectivity index (χ4n) is 2.90. The number of aryl methyl sites for hydroxylation is 1. The Balaban J connectivity index is 1.45. The molecule has 2 fully saturated rings. The molecule has 0 bridgehead atoms. The molecule has 1 atom stereocenters. The van der Waals surface area contributed by atoms with Crippen LogP contribution in [0, 0.1) is 12.8 Å². The number of piperidine rings is 1. The first-order valence-corrected chi connectivity index (χ1v) is 7.76. The van der Waals surface area contributed by atoms with Crippen LogP contribution in [-0.2, 0) is 16.0 Å². The quantitative estimate of drug-likeness (QED) is 0.897. The normalized spacial score (nSPS) is 22.4. The molecule has 21 heavy (non-hydrogen) atoms. The zero-order chi connectivity index (χ0) is 14.8. The van der Waals surface area contributed by atoms with Crippen molar-refractivity contribution in [2.24, 2.45) is 5.92 Å². The largest absolute Gasteiger partial charge is 0.466 e. The fourth-order valence-corrected chi connectivity index (χ4v) is 2.90. The second-order valence-corrected chi connectivity index (χ2v) is 6.07. The van der Waals surface area contributed by atoms with E-state index in [1.807, 2.05) is 24.0 Å². The maximum Gasteiger partial charge on any atom is 0.224 e. The Hall–Kier alpha value is -1.78. The second-order valence-electron chi connectivity index (χ2n) is 6.07. The number of hydrogen-bond donors (Lipinski definition) is 1. The van der Waals surface area contributed by atoms with Crippen LogP contribution in [0.25, 0.3) is 0 Å². The average molecular weight is 290 g/mol. The number of carbonyl (C=O) groups excluding carboxylic acids is 2. The summed E-state index contributed by atoms with van der Waals surface area (Å²) in [6.45, 7) is 3.09. The van der Waals surface area contributed by atoms with Crippen molar-refractivity contribution in [3.05, 3.63) is 23.7 Å². The van der Waals surface area contributed by atoms with Gasteiger partial charge in [0.1, 0.15) is 11.5 Å². The lowest BCUT2D eigenvalue weighted by atomic mass is 9.96. The zero-order valence-electron chi connectivity index (χ0n) is 12.4. The maximum atomic E-state index is 12.2. The third kappa shape index (κ3) is 3.46. The van der Waals surface area contributed by atoms with Crippen LogP contribution in [-0.4, -0.2) is 35.8 Å². The molecule has 1 aromatic heterocycles. The molecule has 0 aromatic carbocycles. The molecule has 2 aliphatic rings. The number of nitrogens with one attached hydrogen (secondary N) is 1. The van der Waals surface area contributed by atoms with Crippen molar-refractivity contribution in [2.45, 2.75) is 45.1 Å². The van der Waals surface area contributed by atoms with E-state index in [4.69, 9.17) is 4.42 Å². The fraction of sp³-hybridized carbons (Fsp3) is 0.625. The molecule has 0 spiro atoms. The summed E-state index contributed by atoms with van der Waals surface area (Å²) in [7, 11) is 0. The number of hydrogen-bond acceptors (Lipinski definition) is 3. The minimum atomic E-state index is -0.0540. The summed E-state index contributed by atoms with van der Waals surface area (Å²) in [4.78, 5) is 25.9. The lowest BCUT2D eigenvalue weighted by molar-refractivity contribution is -0.138.